The summed E-state index contributed by atoms with van der Waals surface area (Å²) in [7, 11) is 1.69. The van der Waals surface area contributed by atoms with Gasteiger partial charge in [-0.15, -0.1) is 0 Å². The summed E-state index contributed by atoms with van der Waals surface area (Å²) in [5.41, 5.74) is 4.24. The molecular weight excluding hydrogens is 322 g/mol. The number of hydrogen-bond acceptors (Lipinski definition) is 7. The van der Waals surface area contributed by atoms with E-state index in [9.17, 15) is 9.90 Å². The molecule has 1 fully saturated rings. The van der Waals surface area contributed by atoms with Crippen LogP contribution in [0.25, 0.3) is 0 Å². The summed E-state index contributed by atoms with van der Waals surface area (Å²) >= 11 is 0. The van der Waals surface area contributed by atoms with Crippen molar-refractivity contribution >= 4 is 23.7 Å². The molecule has 8 heteroatoms. The second-order valence-corrected chi connectivity index (χ2v) is 6.95. The number of amides is 1. The van der Waals surface area contributed by atoms with E-state index in [1.165, 1.54) is 4.90 Å². The van der Waals surface area contributed by atoms with E-state index in [2.05, 4.69) is 20.5 Å². The van der Waals surface area contributed by atoms with Gasteiger partial charge in [0.2, 0.25) is 5.91 Å². The highest BCUT2D eigenvalue weighted by Gasteiger charge is 2.50. The molecule has 1 amide bonds. The van der Waals surface area contributed by atoms with Crippen molar-refractivity contribution in [3.63, 3.8) is 0 Å². The van der Waals surface area contributed by atoms with Gasteiger partial charge in [-0.25, -0.2) is 0 Å². The van der Waals surface area contributed by atoms with Crippen LogP contribution in [0.3, 0.4) is 0 Å². The smallest absolute Gasteiger partial charge is 0.239 e. The molecule has 5 atom stereocenters. The molecule has 4 rings (SSSR count). The topological polar surface area (TPSA) is 98.9 Å². The number of likely N-dealkylation sites (tertiary alicyclic amines) is 1. The van der Waals surface area contributed by atoms with Gasteiger partial charge in [-0.2, -0.15) is 5.10 Å². The first-order valence-corrected chi connectivity index (χ1v) is 8.73. The molecule has 0 saturated carbocycles. The van der Waals surface area contributed by atoms with Crippen molar-refractivity contribution in [2.24, 2.45) is 32.8 Å². The summed E-state index contributed by atoms with van der Waals surface area (Å²) < 4.78 is 5.42. The second kappa shape index (κ2) is 6.34. The quantitative estimate of drug-likeness (QED) is 0.744. The number of hydrogen-bond donors (Lipinski definition) is 2. The van der Waals surface area contributed by atoms with E-state index in [-0.39, 0.29) is 23.8 Å². The molecule has 4 aliphatic heterocycles. The number of carbonyl (C=O) groups excluding carboxylic acids is 1. The van der Waals surface area contributed by atoms with Gasteiger partial charge in [-0.3, -0.25) is 19.7 Å². The minimum Gasteiger partial charge on any atom is -0.379 e. The maximum atomic E-state index is 12.8. The summed E-state index contributed by atoms with van der Waals surface area (Å²) in [5.74, 6) is 0.0729. The Balaban J connectivity index is 1.63. The molecule has 0 aliphatic carbocycles. The number of aliphatic hydroxyl groups is 1. The molecule has 25 heavy (non-hydrogen) atoms. The number of ether oxygens (including phenoxy) is 1. The Morgan fingerprint density at radius 1 is 1.44 bits per heavy atom. The summed E-state index contributed by atoms with van der Waals surface area (Å²) in [5, 5.41) is 14.9. The Hall–Kier alpha value is -2.06. The predicted molar refractivity (Wildman–Crippen MR) is 93.3 cm³/mol. The number of hydrazone groups is 1. The lowest BCUT2D eigenvalue weighted by Crippen LogP contribution is -2.40. The molecule has 1 saturated heterocycles. The minimum atomic E-state index is -1.04. The zero-order valence-electron chi connectivity index (χ0n) is 14.4. The minimum absolute atomic E-state index is 0.0269. The molecule has 0 aromatic heterocycles. The van der Waals surface area contributed by atoms with Crippen molar-refractivity contribution in [1.82, 2.24) is 10.3 Å². The molecule has 4 heterocycles. The fraction of sp³-hybridized carbons (Fsp3) is 0.647. The van der Waals surface area contributed by atoms with Crippen LogP contribution < -0.4 is 5.43 Å². The Morgan fingerprint density at radius 2 is 2.28 bits per heavy atom. The van der Waals surface area contributed by atoms with Gasteiger partial charge in [0.1, 0.15) is 5.84 Å². The molecule has 0 aromatic carbocycles. The lowest BCUT2D eigenvalue weighted by molar-refractivity contribution is -0.131. The van der Waals surface area contributed by atoms with Crippen molar-refractivity contribution in [2.45, 2.75) is 32.1 Å². The molecule has 5 unspecified atom stereocenters. The predicted octanol–water partition coefficient (Wildman–Crippen LogP) is 0.150. The standard InChI is InChI=1S/C17H23N5O3/c1-9-5-12(10-6-11(25-2)8-18-7-10)20-15-14(9)16(23)22(17(15)24)13-3-4-19-21-13/h5,7,9-11,14,17,19,24H,3-4,6,8H2,1-2H3. The lowest BCUT2D eigenvalue weighted by Gasteiger charge is -2.27. The van der Waals surface area contributed by atoms with Crippen LogP contribution in [0.15, 0.2) is 26.9 Å². The molecule has 2 N–H and O–H groups in total. The van der Waals surface area contributed by atoms with Crippen LogP contribution in [0.5, 0.6) is 0 Å². The number of rotatable bonds is 2. The number of carbonyl (C=O) groups is 1. The van der Waals surface area contributed by atoms with E-state index in [0.717, 1.165) is 12.1 Å². The third-order valence-electron chi connectivity index (χ3n) is 5.32. The summed E-state index contributed by atoms with van der Waals surface area (Å²) in [6.07, 6.45) is 4.42. The van der Waals surface area contributed by atoms with E-state index in [0.29, 0.717) is 31.1 Å². The third kappa shape index (κ3) is 2.69. The van der Waals surface area contributed by atoms with Crippen LogP contribution in [-0.2, 0) is 9.53 Å². The Bertz CT molecular complexity index is 698. The van der Waals surface area contributed by atoms with Gasteiger partial charge >= 0.3 is 0 Å². The number of nitrogens with zero attached hydrogens (tertiary/aromatic N) is 4. The number of allylic oxidation sites excluding steroid dienone is 2. The van der Waals surface area contributed by atoms with Crippen molar-refractivity contribution < 1.29 is 14.6 Å². The zero-order valence-corrected chi connectivity index (χ0v) is 14.4. The first-order valence-electron chi connectivity index (χ1n) is 8.73. The molecule has 4 aliphatic rings. The van der Waals surface area contributed by atoms with Crippen LogP contribution >= 0.6 is 0 Å². The van der Waals surface area contributed by atoms with E-state index in [1.54, 1.807) is 7.11 Å². The van der Waals surface area contributed by atoms with E-state index in [4.69, 9.17) is 4.74 Å². The fourth-order valence-corrected chi connectivity index (χ4v) is 3.98. The van der Waals surface area contributed by atoms with Crippen molar-refractivity contribution in [3.05, 3.63) is 11.8 Å². The monoisotopic (exact) mass is 345 g/mol. The maximum Gasteiger partial charge on any atom is 0.239 e. The molecule has 0 spiro atoms. The van der Waals surface area contributed by atoms with Crippen LogP contribution in [0.4, 0.5) is 0 Å². The van der Waals surface area contributed by atoms with Gasteiger partial charge in [-0.1, -0.05) is 13.0 Å². The first-order chi connectivity index (χ1) is 12.1. The number of nitrogens with one attached hydrogen (secondary N) is 1. The highest BCUT2D eigenvalue weighted by atomic mass is 16.5. The normalized spacial score (nSPS) is 37.4. The highest BCUT2D eigenvalue weighted by Crippen LogP contribution is 2.36. The van der Waals surface area contributed by atoms with Gasteiger partial charge in [0.25, 0.3) is 0 Å². The average Bonchev–Trinajstić information content (AvgIpc) is 3.22. The van der Waals surface area contributed by atoms with Gasteiger partial charge in [-0.05, 0) is 12.3 Å². The first kappa shape index (κ1) is 16.4. The molecule has 8 nitrogen and oxygen atoms in total. The third-order valence-corrected chi connectivity index (χ3v) is 5.32. The summed E-state index contributed by atoms with van der Waals surface area (Å²) in [4.78, 5) is 23.3. The van der Waals surface area contributed by atoms with Gasteiger partial charge < -0.3 is 15.3 Å². The number of aliphatic imine (C=N–C) groups is 2. The molecule has 0 aromatic rings. The summed E-state index contributed by atoms with van der Waals surface area (Å²) in [6, 6.07) is 0. The molecule has 134 valence electrons. The lowest BCUT2D eigenvalue weighted by atomic mass is 9.84. The SMILES string of the molecule is COC1CN=CC(C2=CC(C)C3C(=O)N(C4=NNCC4)C(O)C3=N2)C1. The second-order valence-electron chi connectivity index (χ2n) is 6.95. The van der Waals surface area contributed by atoms with Crippen molar-refractivity contribution in [3.8, 4) is 0 Å². The fourth-order valence-electron chi connectivity index (χ4n) is 3.98. The van der Waals surface area contributed by atoms with Crippen LogP contribution in [0.1, 0.15) is 19.8 Å². The van der Waals surface area contributed by atoms with Crippen molar-refractivity contribution in [1.29, 1.82) is 0 Å². The van der Waals surface area contributed by atoms with Crippen LogP contribution in [0, 0.1) is 17.8 Å². The van der Waals surface area contributed by atoms with E-state index in [1.807, 2.05) is 19.2 Å². The Labute approximate surface area is 146 Å². The maximum absolute atomic E-state index is 12.8. The number of amidine groups is 1. The van der Waals surface area contributed by atoms with Gasteiger partial charge in [0, 0.05) is 37.9 Å². The largest absolute Gasteiger partial charge is 0.379 e. The molecule has 0 radical (unpaired) electrons. The average molecular weight is 345 g/mol. The summed E-state index contributed by atoms with van der Waals surface area (Å²) in [6.45, 7) is 3.34. The zero-order chi connectivity index (χ0) is 17.6. The highest BCUT2D eigenvalue weighted by molar-refractivity contribution is 6.19. The number of fused-ring (bicyclic) bond motifs is 1. The van der Waals surface area contributed by atoms with Gasteiger partial charge in [0.05, 0.1) is 24.3 Å². The number of aliphatic hydroxyl groups excluding tert-OH is 1. The van der Waals surface area contributed by atoms with Crippen molar-refractivity contribution in [2.75, 3.05) is 20.2 Å². The van der Waals surface area contributed by atoms with E-state index < -0.39 is 12.1 Å². The number of methoxy groups -OCH3 is 1. The molecule has 0 bridgehead atoms. The van der Waals surface area contributed by atoms with Crippen LogP contribution in [0.2, 0.25) is 0 Å². The Kier molecular flexibility index (Phi) is 4.16. The van der Waals surface area contributed by atoms with Gasteiger partial charge in [0.15, 0.2) is 6.23 Å². The van der Waals surface area contributed by atoms with E-state index >= 15 is 0 Å². The molecular formula is C17H23N5O3. The Morgan fingerprint density at radius 3 is 3.00 bits per heavy atom. The van der Waals surface area contributed by atoms with Crippen LogP contribution in [-0.4, -0.2) is 66.2 Å².